The lowest BCUT2D eigenvalue weighted by molar-refractivity contribution is -0.537. The van der Waals surface area contributed by atoms with Crippen LogP contribution in [-0.4, -0.2) is 33.9 Å². The highest BCUT2D eigenvalue weighted by Gasteiger charge is 2.27. The molecule has 0 amide bonds. The molecule has 2 atom stereocenters. The fourth-order valence-electron chi connectivity index (χ4n) is 1.12. The van der Waals surface area contributed by atoms with Crippen molar-refractivity contribution in [3.8, 4) is 0 Å². The fourth-order valence-corrected chi connectivity index (χ4v) is 1.12. The van der Waals surface area contributed by atoms with Crippen LogP contribution in [0.15, 0.2) is 0 Å². The van der Waals surface area contributed by atoms with Crippen molar-refractivity contribution in [1.29, 1.82) is 0 Å². The van der Waals surface area contributed by atoms with E-state index in [0.717, 1.165) is 19.3 Å². The molecule has 0 saturated carbocycles. The summed E-state index contributed by atoms with van der Waals surface area (Å²) < 4.78 is 0. The Balaban J connectivity index is 3.77. The topological polar surface area (TPSA) is 83.6 Å². The monoisotopic (exact) mass is 191 g/mol. The van der Waals surface area contributed by atoms with Gasteiger partial charge in [-0.15, -0.1) is 0 Å². The van der Waals surface area contributed by atoms with Crippen molar-refractivity contribution in [1.82, 2.24) is 0 Å². The zero-order valence-electron chi connectivity index (χ0n) is 7.85. The molecular weight excluding hydrogens is 174 g/mol. The number of nitrogens with zero attached hydrogens (tertiary/aromatic N) is 1. The molecule has 0 radical (unpaired) electrons. The van der Waals surface area contributed by atoms with Crippen LogP contribution in [-0.2, 0) is 0 Å². The third-order valence-electron chi connectivity index (χ3n) is 2.01. The molecule has 0 aliphatic heterocycles. The van der Waals surface area contributed by atoms with Crippen LogP contribution in [0.4, 0.5) is 0 Å². The highest BCUT2D eigenvalue weighted by molar-refractivity contribution is 4.66. The van der Waals surface area contributed by atoms with Crippen molar-refractivity contribution in [2.75, 3.05) is 6.61 Å². The second-order valence-corrected chi connectivity index (χ2v) is 3.10. The van der Waals surface area contributed by atoms with Crippen molar-refractivity contribution in [3.05, 3.63) is 10.1 Å². The molecule has 0 aliphatic carbocycles. The van der Waals surface area contributed by atoms with E-state index >= 15 is 0 Å². The lowest BCUT2D eigenvalue weighted by Crippen LogP contribution is -2.36. The molecule has 2 N–H and O–H groups in total. The third kappa shape index (κ3) is 4.80. The standard InChI is InChI=1S/C8H17NO4/c1-2-3-4-5-8(11)7(6-10)9(12)13/h7-8,10-11H,2-6H2,1H3/t7-,8+/m1/s1. The van der Waals surface area contributed by atoms with Crippen molar-refractivity contribution in [2.45, 2.75) is 44.8 Å². The maximum Gasteiger partial charge on any atom is 0.261 e. The van der Waals surface area contributed by atoms with Crippen LogP contribution in [0.3, 0.4) is 0 Å². The molecular formula is C8H17NO4. The molecule has 78 valence electrons. The molecule has 5 nitrogen and oxygen atoms in total. The SMILES string of the molecule is CCCCC[C@H](O)[C@@H](CO)[N+](=O)[O-]. The van der Waals surface area contributed by atoms with Gasteiger partial charge in [-0.25, -0.2) is 0 Å². The number of hydrogen-bond acceptors (Lipinski definition) is 4. The Morgan fingerprint density at radius 3 is 2.46 bits per heavy atom. The van der Waals surface area contributed by atoms with Crippen LogP contribution in [0.25, 0.3) is 0 Å². The Kier molecular flexibility index (Phi) is 6.44. The summed E-state index contributed by atoms with van der Waals surface area (Å²) in [6, 6.07) is -1.23. The first kappa shape index (κ1) is 12.3. The molecule has 0 aliphatic rings. The molecule has 0 fully saturated rings. The normalized spacial score (nSPS) is 15.3. The number of aliphatic hydroxyl groups is 2. The Bertz CT molecular complexity index is 151. The summed E-state index contributed by atoms with van der Waals surface area (Å²) in [6.45, 7) is 1.42. The van der Waals surface area contributed by atoms with Crippen LogP contribution in [0, 0.1) is 10.1 Å². The van der Waals surface area contributed by atoms with Gasteiger partial charge in [0.15, 0.2) is 0 Å². The van der Waals surface area contributed by atoms with Crippen LogP contribution < -0.4 is 0 Å². The smallest absolute Gasteiger partial charge is 0.261 e. The molecule has 5 heteroatoms. The number of rotatable bonds is 7. The Hall–Kier alpha value is -0.680. The van der Waals surface area contributed by atoms with Gasteiger partial charge in [-0.2, -0.15) is 0 Å². The summed E-state index contributed by atoms with van der Waals surface area (Å²) in [5.41, 5.74) is 0. The quantitative estimate of drug-likeness (QED) is 0.350. The first-order valence-corrected chi connectivity index (χ1v) is 4.55. The predicted molar refractivity (Wildman–Crippen MR) is 48.0 cm³/mol. The lowest BCUT2D eigenvalue weighted by atomic mass is 10.1. The number of unbranched alkanes of at least 4 members (excludes halogenated alkanes) is 2. The Labute approximate surface area is 77.5 Å². The van der Waals surface area contributed by atoms with Crippen LogP contribution in [0.5, 0.6) is 0 Å². The maximum atomic E-state index is 10.3. The molecule has 0 heterocycles. The van der Waals surface area contributed by atoms with E-state index in [0.29, 0.717) is 6.42 Å². The van der Waals surface area contributed by atoms with Gasteiger partial charge in [0.2, 0.25) is 0 Å². The number of hydrogen-bond donors (Lipinski definition) is 2. The van der Waals surface area contributed by atoms with Gasteiger partial charge < -0.3 is 10.2 Å². The first-order valence-electron chi connectivity index (χ1n) is 4.55. The van der Waals surface area contributed by atoms with Gasteiger partial charge in [-0.1, -0.05) is 26.2 Å². The average molecular weight is 191 g/mol. The maximum absolute atomic E-state index is 10.3. The second kappa shape index (κ2) is 6.80. The van der Waals surface area contributed by atoms with E-state index in [-0.39, 0.29) is 0 Å². The average Bonchev–Trinajstić information content (AvgIpc) is 2.05. The molecule has 0 spiro atoms. The van der Waals surface area contributed by atoms with E-state index in [1.807, 2.05) is 6.92 Å². The van der Waals surface area contributed by atoms with Crippen molar-refractivity contribution >= 4 is 0 Å². The fraction of sp³-hybridized carbons (Fsp3) is 1.00. The summed E-state index contributed by atoms with van der Waals surface area (Å²) >= 11 is 0. The number of aliphatic hydroxyl groups excluding tert-OH is 2. The summed E-state index contributed by atoms with van der Waals surface area (Å²) in [7, 11) is 0. The molecule has 0 aromatic heterocycles. The summed E-state index contributed by atoms with van der Waals surface area (Å²) in [6.07, 6.45) is 2.09. The molecule has 0 bridgehead atoms. The second-order valence-electron chi connectivity index (χ2n) is 3.10. The summed E-state index contributed by atoms with van der Waals surface area (Å²) in [5.74, 6) is 0. The van der Waals surface area contributed by atoms with E-state index in [4.69, 9.17) is 5.11 Å². The highest BCUT2D eigenvalue weighted by atomic mass is 16.6. The van der Waals surface area contributed by atoms with Crippen molar-refractivity contribution < 1.29 is 15.1 Å². The van der Waals surface area contributed by atoms with Crippen LogP contribution in [0.2, 0.25) is 0 Å². The summed E-state index contributed by atoms with van der Waals surface area (Å²) in [5, 5.41) is 28.2. The molecule has 0 saturated heterocycles. The van der Waals surface area contributed by atoms with Gasteiger partial charge in [0.25, 0.3) is 6.04 Å². The molecule has 0 aromatic carbocycles. The van der Waals surface area contributed by atoms with Gasteiger partial charge in [0.05, 0.1) is 0 Å². The zero-order valence-corrected chi connectivity index (χ0v) is 7.85. The zero-order chi connectivity index (χ0) is 10.3. The molecule has 0 aromatic rings. The van der Waals surface area contributed by atoms with Gasteiger partial charge >= 0.3 is 0 Å². The van der Waals surface area contributed by atoms with Crippen molar-refractivity contribution in [3.63, 3.8) is 0 Å². The summed E-state index contributed by atoms with van der Waals surface area (Å²) in [4.78, 5) is 9.66. The van der Waals surface area contributed by atoms with E-state index in [1.54, 1.807) is 0 Å². The van der Waals surface area contributed by atoms with E-state index in [9.17, 15) is 15.2 Å². The predicted octanol–water partition coefficient (Wildman–Crippen LogP) is 0.565. The van der Waals surface area contributed by atoms with Crippen LogP contribution >= 0.6 is 0 Å². The third-order valence-corrected chi connectivity index (χ3v) is 2.01. The Morgan fingerprint density at radius 2 is 2.08 bits per heavy atom. The van der Waals surface area contributed by atoms with E-state index in [2.05, 4.69) is 0 Å². The van der Waals surface area contributed by atoms with Gasteiger partial charge in [0.1, 0.15) is 12.7 Å². The van der Waals surface area contributed by atoms with Crippen molar-refractivity contribution in [2.24, 2.45) is 0 Å². The van der Waals surface area contributed by atoms with E-state index < -0.39 is 23.7 Å². The van der Waals surface area contributed by atoms with Gasteiger partial charge in [-0.05, 0) is 6.42 Å². The van der Waals surface area contributed by atoms with Gasteiger partial charge in [-0.3, -0.25) is 10.1 Å². The molecule has 0 rings (SSSR count). The Morgan fingerprint density at radius 1 is 1.46 bits per heavy atom. The van der Waals surface area contributed by atoms with Crippen LogP contribution in [0.1, 0.15) is 32.6 Å². The molecule has 13 heavy (non-hydrogen) atoms. The minimum atomic E-state index is -1.23. The highest BCUT2D eigenvalue weighted by Crippen LogP contribution is 2.08. The van der Waals surface area contributed by atoms with Gasteiger partial charge in [0, 0.05) is 4.92 Å². The lowest BCUT2D eigenvalue weighted by Gasteiger charge is -2.13. The first-order chi connectivity index (χ1) is 6.13. The number of nitro groups is 1. The minimum absolute atomic E-state index is 0.389. The largest absolute Gasteiger partial charge is 0.389 e. The minimum Gasteiger partial charge on any atom is -0.389 e. The molecule has 0 unspecified atom stereocenters. The van der Waals surface area contributed by atoms with E-state index in [1.165, 1.54) is 0 Å².